The van der Waals surface area contributed by atoms with Crippen molar-refractivity contribution >= 4 is 78.4 Å². The van der Waals surface area contributed by atoms with Crippen molar-refractivity contribution in [3.63, 3.8) is 0 Å². The lowest BCUT2D eigenvalue weighted by atomic mass is 9.89. The second kappa shape index (κ2) is 24.9. The molecular weight excluding hydrogens is 1060 g/mol. The highest BCUT2D eigenvalue weighted by Crippen LogP contribution is 2.63. The molecule has 410 valence electrons. The zero-order chi connectivity index (χ0) is 54.2. The molecule has 3 saturated heterocycles. The van der Waals surface area contributed by atoms with Crippen molar-refractivity contribution in [3.8, 4) is 0 Å². The maximum atomic E-state index is 16.5. The number of rotatable bonds is 21. The van der Waals surface area contributed by atoms with Gasteiger partial charge in [-0.2, -0.15) is 0 Å². The van der Waals surface area contributed by atoms with Crippen LogP contribution >= 0.6 is 26.0 Å². The van der Waals surface area contributed by atoms with Gasteiger partial charge in [-0.25, -0.2) is 38.1 Å². The van der Waals surface area contributed by atoms with Crippen LogP contribution in [-0.2, 0) is 60.7 Å². The van der Waals surface area contributed by atoms with E-state index in [0.717, 1.165) is 39.0 Å². The minimum absolute atomic E-state index is 0.00591. The third-order valence-corrected chi connectivity index (χ3v) is 17.1. The highest BCUT2D eigenvalue weighted by Gasteiger charge is 2.53. The minimum Gasteiger partial charge on any atom is -0.382 e. The number of aromatic nitrogens is 6. The SMILES string of the molecule is CC(C)C(NC(=O)CCCCN1C(=O)C=CC1=O)C(=O)CC(CCCNC(N)=O)C(=O)NCCSP1(=O)OC[C@H]2O[C@@H](n3cnc4c(N)ncnc43)C(F)[C@@H]2OP(=O)(O)OC[C@H]2O[C@@H](n3ccc(=O)[nH]c3=O)C[C@@H]2O1. The Morgan fingerprint density at radius 3 is 2.41 bits per heavy atom. The number of carbonyl (C=O) groups excluding carboxylic acids is 6. The first-order valence-corrected chi connectivity index (χ1v) is 28.3. The first-order chi connectivity index (χ1) is 35.6. The number of carbonyl (C=O) groups is 6. The van der Waals surface area contributed by atoms with Gasteiger partial charge in [0.2, 0.25) is 11.8 Å². The Hall–Kier alpha value is -5.75. The highest BCUT2D eigenvalue weighted by molar-refractivity contribution is 8.55. The number of nitrogens with two attached hydrogens (primary N) is 2. The summed E-state index contributed by atoms with van der Waals surface area (Å²) < 4.78 is 81.7. The van der Waals surface area contributed by atoms with Crippen LogP contribution in [0.3, 0.4) is 0 Å². The molecule has 0 saturated carbocycles. The molecule has 29 nitrogen and oxygen atoms in total. The summed E-state index contributed by atoms with van der Waals surface area (Å²) in [5.74, 6) is -4.02. The van der Waals surface area contributed by atoms with Crippen LogP contribution in [-0.4, -0.2) is 150 Å². The van der Waals surface area contributed by atoms with Crippen molar-refractivity contribution < 1.29 is 74.7 Å². The molecule has 33 heteroatoms. The van der Waals surface area contributed by atoms with E-state index in [1.54, 1.807) is 13.8 Å². The Morgan fingerprint density at radius 1 is 0.947 bits per heavy atom. The summed E-state index contributed by atoms with van der Waals surface area (Å²) in [5.41, 5.74) is 9.69. The fraction of sp³-hybridized carbons (Fsp3) is 0.595. The third-order valence-electron chi connectivity index (χ3n) is 12.4. The first kappa shape index (κ1) is 57.0. The van der Waals surface area contributed by atoms with Crippen molar-refractivity contribution in [2.75, 3.05) is 44.3 Å². The molecule has 0 aromatic carbocycles. The molecule has 3 aromatic rings. The minimum atomic E-state index is -5.18. The number of urea groups is 1. The summed E-state index contributed by atoms with van der Waals surface area (Å²) >= 11 is 0.590. The standard InChI is InChI=1S/C42H57FN12O17P2S/c1-22(2)34(51-28(57)7-3-4-13-53-30(59)8-9-31(53)60)24(56)16-23(6-5-11-47-41(45)62)39(61)46-12-15-75-74(66)68-19-27-36(33(43)40(70-27)55-21-50-35-37(44)48-20-49-38(35)55)72-73(64,65)67-18-26-25(71-74)17-32(69-26)54-14-10-29(58)52-42(54)63/h8-10,14,20-23,25-27,32-34,36,40H,3-7,11-13,15-19H2,1-2H3,(H,46,61)(H,51,57)(H,64,65)(H2,44,48,49)(H3,45,47,62)(H,52,58,63)/t23?,25-,26+,27+,32+,33?,34?,36+,40+,74?/m0/s1. The van der Waals surface area contributed by atoms with E-state index in [1.165, 1.54) is 12.2 Å². The number of ether oxygens (including phenoxy) is 2. The maximum absolute atomic E-state index is 16.5. The number of anilines is 1. The molecule has 75 heavy (non-hydrogen) atoms. The summed E-state index contributed by atoms with van der Waals surface area (Å²) in [6.07, 6.45) is -5.15. The quantitative estimate of drug-likeness (QED) is 0.0436. The van der Waals surface area contributed by atoms with Gasteiger partial charge in [0, 0.05) is 75.0 Å². The number of ketones is 1. The number of nitrogen functional groups attached to an aromatic ring is 1. The molecule has 7 heterocycles. The average Bonchev–Trinajstić information content (AvgIpc) is 4.12. The number of phosphoric acid groups is 1. The number of amides is 6. The van der Waals surface area contributed by atoms with E-state index in [2.05, 4.69) is 35.9 Å². The van der Waals surface area contributed by atoms with Crippen LogP contribution in [0.25, 0.3) is 11.2 Å². The normalized spacial score (nSPS) is 27.8. The first-order valence-electron chi connectivity index (χ1n) is 23.7. The molecule has 4 aliphatic heterocycles. The number of unbranched alkanes of at least 4 members (excludes halogenated alkanes) is 1. The molecule has 7 rings (SSSR count). The monoisotopic (exact) mass is 1110 g/mol. The number of hydrogen-bond donors (Lipinski definition) is 7. The summed E-state index contributed by atoms with van der Waals surface area (Å²) in [6, 6.07) is -0.753. The van der Waals surface area contributed by atoms with E-state index < -0.39 is 135 Å². The number of halogens is 1. The van der Waals surface area contributed by atoms with Gasteiger partial charge in [0.15, 0.2) is 29.6 Å². The van der Waals surface area contributed by atoms with Crippen LogP contribution in [0.2, 0.25) is 0 Å². The molecule has 4 aliphatic rings. The van der Waals surface area contributed by atoms with Crippen LogP contribution in [0.4, 0.5) is 15.0 Å². The predicted molar refractivity (Wildman–Crippen MR) is 259 cm³/mol. The molecule has 0 aliphatic carbocycles. The van der Waals surface area contributed by atoms with Gasteiger partial charge in [-0.05, 0) is 43.0 Å². The molecular formula is C42H57FN12O17P2S. The number of phosphoric ester groups is 1. The number of nitrogens with zero attached hydrogens (tertiary/aromatic N) is 6. The highest BCUT2D eigenvalue weighted by atomic mass is 32.7. The van der Waals surface area contributed by atoms with Gasteiger partial charge in [0.05, 0.1) is 25.6 Å². The van der Waals surface area contributed by atoms with Gasteiger partial charge in [0.1, 0.15) is 42.5 Å². The zero-order valence-electron chi connectivity index (χ0n) is 40.4. The van der Waals surface area contributed by atoms with Crippen LogP contribution < -0.4 is 38.7 Å². The van der Waals surface area contributed by atoms with Crippen LogP contribution in [0.5, 0.6) is 0 Å². The number of hydrogen-bond acceptors (Lipinski definition) is 21. The van der Waals surface area contributed by atoms with Crippen molar-refractivity contribution in [1.82, 2.24) is 49.9 Å². The Balaban J connectivity index is 1.04. The lowest BCUT2D eigenvalue weighted by molar-refractivity contribution is -0.136. The Labute approximate surface area is 429 Å². The van der Waals surface area contributed by atoms with Gasteiger partial charge < -0.3 is 41.8 Å². The van der Waals surface area contributed by atoms with Gasteiger partial charge in [0.25, 0.3) is 17.4 Å². The van der Waals surface area contributed by atoms with Crippen molar-refractivity contribution in [3.05, 3.63) is 57.9 Å². The second-order valence-corrected chi connectivity index (χ2v) is 23.6. The number of H-pyrrole nitrogens is 1. The van der Waals surface area contributed by atoms with Crippen LogP contribution in [0.15, 0.2) is 46.7 Å². The molecule has 11 atom stereocenters. The second-order valence-electron chi connectivity index (χ2n) is 18.0. The molecule has 6 amide bonds. The smallest absolute Gasteiger partial charge is 0.382 e. The zero-order valence-corrected chi connectivity index (χ0v) is 43.0. The van der Waals surface area contributed by atoms with Crippen molar-refractivity contribution in [2.24, 2.45) is 17.6 Å². The van der Waals surface area contributed by atoms with Crippen molar-refractivity contribution in [2.45, 2.75) is 108 Å². The van der Waals surface area contributed by atoms with Crippen LogP contribution in [0, 0.1) is 11.8 Å². The van der Waals surface area contributed by atoms with Crippen molar-refractivity contribution in [1.29, 1.82) is 0 Å². The van der Waals surface area contributed by atoms with Gasteiger partial charge in [-0.15, -0.1) is 0 Å². The number of aromatic amines is 1. The van der Waals surface area contributed by atoms with E-state index in [-0.39, 0.29) is 74.5 Å². The Morgan fingerprint density at radius 2 is 1.69 bits per heavy atom. The lowest BCUT2D eigenvalue weighted by Gasteiger charge is -2.28. The topological polar surface area (TPSA) is 402 Å². The maximum Gasteiger partial charge on any atom is 0.472 e. The van der Waals surface area contributed by atoms with Gasteiger partial charge in [-0.3, -0.25) is 65.9 Å². The molecule has 5 unspecified atom stereocenters. The van der Waals surface area contributed by atoms with Gasteiger partial charge in [-0.1, -0.05) is 13.8 Å². The van der Waals surface area contributed by atoms with Crippen LogP contribution in [0.1, 0.15) is 71.2 Å². The van der Waals surface area contributed by atoms with Gasteiger partial charge >= 0.3 is 26.3 Å². The van der Waals surface area contributed by atoms with E-state index in [9.17, 15) is 52.4 Å². The summed E-state index contributed by atoms with van der Waals surface area (Å²) in [5, 5.41) is 7.89. The van der Waals surface area contributed by atoms with E-state index in [4.69, 9.17) is 39.0 Å². The number of alkyl halides is 1. The summed E-state index contributed by atoms with van der Waals surface area (Å²) in [6.45, 7) is -2.72. The van der Waals surface area contributed by atoms with E-state index in [1.807, 2.05) is 0 Å². The largest absolute Gasteiger partial charge is 0.472 e. The molecule has 3 fully saturated rings. The predicted octanol–water partition coefficient (Wildman–Crippen LogP) is 0.617. The number of fused-ring (bicyclic) bond motifs is 3. The molecule has 0 spiro atoms. The molecule has 0 bridgehead atoms. The fourth-order valence-electron chi connectivity index (χ4n) is 8.60. The molecule has 9 N–H and O–H groups in total. The lowest BCUT2D eigenvalue weighted by Crippen LogP contribution is -2.46. The Kier molecular flexibility index (Phi) is 18.9. The number of primary amides is 1. The Bertz CT molecular complexity index is 2850. The average molecular weight is 1110 g/mol. The van der Waals surface area contributed by atoms with E-state index in [0.29, 0.717) is 24.2 Å². The fourth-order valence-corrected chi connectivity index (χ4v) is 12.9. The number of Topliss-reactive ketones (excluding diaryl/α,β-unsaturated/α-hetero) is 1. The number of imidazole rings is 1. The molecule has 3 aromatic heterocycles. The summed E-state index contributed by atoms with van der Waals surface area (Å²) in [4.78, 5) is 127. The summed E-state index contributed by atoms with van der Waals surface area (Å²) in [7, 11) is -5.18. The van der Waals surface area contributed by atoms with E-state index >= 15 is 4.39 Å². The third kappa shape index (κ3) is 14.6. The number of nitrogens with one attached hydrogen (secondary N) is 4. The molecule has 0 radical (unpaired) electrons. The number of imide groups is 1.